The Morgan fingerprint density at radius 2 is 2.33 bits per heavy atom. The minimum absolute atomic E-state index is 0.0160. The van der Waals surface area contributed by atoms with E-state index in [1.807, 2.05) is 25.6 Å². The van der Waals surface area contributed by atoms with E-state index in [1.165, 1.54) is 5.75 Å². The molecule has 1 spiro atoms. The van der Waals surface area contributed by atoms with Crippen LogP contribution >= 0.6 is 11.8 Å². The van der Waals surface area contributed by atoms with Gasteiger partial charge in [-0.05, 0) is 30.9 Å². The number of carbonyl (C=O) groups excluding carboxylic acids is 1. The van der Waals surface area contributed by atoms with Crippen LogP contribution in [0.15, 0.2) is 0 Å². The van der Waals surface area contributed by atoms with Gasteiger partial charge in [-0.3, -0.25) is 4.79 Å². The van der Waals surface area contributed by atoms with E-state index in [0.717, 1.165) is 31.6 Å². The van der Waals surface area contributed by atoms with E-state index in [2.05, 4.69) is 5.32 Å². The molecule has 3 atom stereocenters. The van der Waals surface area contributed by atoms with E-state index in [-0.39, 0.29) is 23.5 Å². The first-order chi connectivity index (χ1) is 8.52. The third kappa shape index (κ3) is 3.19. The fraction of sp³-hybridized carbons (Fsp3) is 0.923. The number of amides is 1. The van der Waals surface area contributed by atoms with Crippen LogP contribution in [0.2, 0.25) is 0 Å². The van der Waals surface area contributed by atoms with Crippen molar-refractivity contribution in [3.8, 4) is 0 Å². The number of carbonyl (C=O) groups is 1. The molecule has 0 bridgehead atoms. The first-order valence-electron chi connectivity index (χ1n) is 6.80. The fourth-order valence-electron chi connectivity index (χ4n) is 2.61. The molecule has 0 radical (unpaired) electrons. The number of thioether (sulfide) groups is 1. The Kier molecular flexibility index (Phi) is 4.56. The molecule has 0 aliphatic carbocycles. The quantitative estimate of drug-likeness (QED) is 0.808. The number of nitrogens with two attached hydrogens (primary N) is 1. The summed E-state index contributed by atoms with van der Waals surface area (Å²) in [5.74, 6) is 2.40. The molecule has 3 N–H and O–H groups in total. The van der Waals surface area contributed by atoms with Gasteiger partial charge in [0.25, 0.3) is 0 Å². The van der Waals surface area contributed by atoms with Crippen molar-refractivity contribution in [2.75, 3.05) is 18.1 Å². The normalized spacial score (nSPS) is 33.9. The Morgan fingerprint density at radius 1 is 1.56 bits per heavy atom. The lowest BCUT2D eigenvalue weighted by atomic mass is 9.89. The van der Waals surface area contributed by atoms with E-state index >= 15 is 0 Å². The molecular formula is C13H24N2O2S. The molecule has 2 heterocycles. The maximum absolute atomic E-state index is 12.0. The van der Waals surface area contributed by atoms with Crippen LogP contribution in [-0.4, -0.2) is 41.7 Å². The van der Waals surface area contributed by atoms with Crippen LogP contribution in [0.5, 0.6) is 0 Å². The molecular weight excluding hydrogens is 248 g/mol. The average molecular weight is 272 g/mol. The Morgan fingerprint density at radius 3 is 2.94 bits per heavy atom. The number of nitrogens with one attached hydrogen (secondary N) is 1. The van der Waals surface area contributed by atoms with Crippen molar-refractivity contribution in [1.29, 1.82) is 0 Å². The molecule has 1 amide bonds. The molecule has 2 unspecified atom stereocenters. The van der Waals surface area contributed by atoms with Crippen LogP contribution in [0.1, 0.15) is 33.1 Å². The van der Waals surface area contributed by atoms with Gasteiger partial charge in [-0.1, -0.05) is 13.8 Å². The van der Waals surface area contributed by atoms with E-state index < -0.39 is 6.04 Å². The van der Waals surface area contributed by atoms with Gasteiger partial charge in [-0.15, -0.1) is 0 Å². The first kappa shape index (κ1) is 14.2. The Hall–Kier alpha value is -0.260. The summed E-state index contributed by atoms with van der Waals surface area (Å²) in [7, 11) is 0. The second-order valence-electron chi connectivity index (χ2n) is 5.80. The van der Waals surface area contributed by atoms with E-state index in [0.29, 0.717) is 0 Å². The van der Waals surface area contributed by atoms with Gasteiger partial charge in [0.2, 0.25) is 5.91 Å². The summed E-state index contributed by atoms with van der Waals surface area (Å²) in [5, 5.41) is 3.10. The summed E-state index contributed by atoms with van der Waals surface area (Å²) in [6, 6.07) is -0.170. The zero-order valence-electron chi connectivity index (χ0n) is 11.3. The summed E-state index contributed by atoms with van der Waals surface area (Å²) in [5.41, 5.74) is 5.89. The predicted octanol–water partition coefficient (Wildman–Crippen LogP) is 1.14. The van der Waals surface area contributed by atoms with Gasteiger partial charge < -0.3 is 15.8 Å². The second-order valence-corrected chi connectivity index (χ2v) is 6.91. The van der Waals surface area contributed by atoms with Crippen LogP contribution in [0.4, 0.5) is 0 Å². The van der Waals surface area contributed by atoms with Crippen LogP contribution in [0, 0.1) is 5.92 Å². The molecule has 0 aromatic rings. The highest BCUT2D eigenvalue weighted by atomic mass is 32.2. The molecule has 0 aromatic carbocycles. The van der Waals surface area contributed by atoms with Crippen molar-refractivity contribution in [1.82, 2.24) is 5.32 Å². The molecule has 104 valence electrons. The molecule has 5 heteroatoms. The maximum Gasteiger partial charge on any atom is 0.237 e. The van der Waals surface area contributed by atoms with Crippen LogP contribution in [0.3, 0.4) is 0 Å². The first-order valence-corrected chi connectivity index (χ1v) is 7.95. The van der Waals surface area contributed by atoms with E-state index in [4.69, 9.17) is 10.5 Å². The molecule has 18 heavy (non-hydrogen) atoms. The molecule has 2 saturated heterocycles. The van der Waals surface area contributed by atoms with Crippen molar-refractivity contribution in [2.24, 2.45) is 11.7 Å². The number of hydrogen-bond acceptors (Lipinski definition) is 4. The maximum atomic E-state index is 12.0. The molecule has 2 rings (SSSR count). The zero-order valence-corrected chi connectivity index (χ0v) is 12.1. The zero-order chi connectivity index (χ0) is 13.2. The van der Waals surface area contributed by atoms with Crippen LogP contribution in [-0.2, 0) is 9.53 Å². The van der Waals surface area contributed by atoms with Crippen molar-refractivity contribution in [3.05, 3.63) is 0 Å². The Balaban J connectivity index is 1.88. The predicted molar refractivity (Wildman–Crippen MR) is 74.6 cm³/mol. The number of ether oxygens (including phenoxy) is 1. The highest BCUT2D eigenvalue weighted by Gasteiger charge is 2.41. The lowest BCUT2D eigenvalue weighted by molar-refractivity contribution is -0.126. The molecule has 0 aromatic heterocycles. The van der Waals surface area contributed by atoms with E-state index in [1.54, 1.807) is 0 Å². The average Bonchev–Trinajstić information content (AvgIpc) is 2.76. The highest BCUT2D eigenvalue weighted by Crippen LogP contribution is 2.38. The standard InChI is InChI=1S/C13H24N2O2S/c1-9(2)11(14)12(16)15-10-3-5-17-13(7-10)4-6-18-8-13/h9-11H,3-8,14H2,1-2H3,(H,15,16)/t10?,11-,13?/m0/s1. The van der Waals surface area contributed by atoms with E-state index in [9.17, 15) is 4.79 Å². The van der Waals surface area contributed by atoms with Gasteiger partial charge >= 0.3 is 0 Å². The lowest BCUT2D eigenvalue weighted by Crippen LogP contribution is -2.53. The summed E-state index contributed by atoms with van der Waals surface area (Å²) in [4.78, 5) is 12.0. The SMILES string of the molecule is CC(C)[C@H](N)C(=O)NC1CCOC2(CCSC2)C1. The van der Waals surface area contributed by atoms with Gasteiger partial charge in [-0.25, -0.2) is 0 Å². The molecule has 2 aliphatic heterocycles. The number of hydrogen-bond donors (Lipinski definition) is 2. The van der Waals surface area contributed by atoms with Crippen LogP contribution in [0.25, 0.3) is 0 Å². The second kappa shape index (κ2) is 5.80. The number of rotatable bonds is 3. The molecule has 4 nitrogen and oxygen atoms in total. The molecule has 0 saturated carbocycles. The summed E-state index contributed by atoms with van der Waals surface area (Å²) in [6.45, 7) is 4.70. The minimum atomic E-state index is -0.401. The van der Waals surface area contributed by atoms with Gasteiger partial charge in [0.15, 0.2) is 0 Å². The monoisotopic (exact) mass is 272 g/mol. The third-order valence-electron chi connectivity index (χ3n) is 3.93. The molecule has 2 aliphatic rings. The smallest absolute Gasteiger partial charge is 0.237 e. The summed E-state index contributed by atoms with van der Waals surface area (Å²) >= 11 is 1.95. The minimum Gasteiger partial charge on any atom is -0.374 e. The van der Waals surface area contributed by atoms with Crippen LogP contribution < -0.4 is 11.1 Å². The third-order valence-corrected chi connectivity index (χ3v) is 5.15. The highest BCUT2D eigenvalue weighted by molar-refractivity contribution is 7.99. The van der Waals surface area contributed by atoms with Gasteiger partial charge in [0.1, 0.15) is 0 Å². The Bertz CT molecular complexity index is 303. The van der Waals surface area contributed by atoms with Crippen molar-refractivity contribution in [3.63, 3.8) is 0 Å². The van der Waals surface area contributed by atoms with Gasteiger partial charge in [0.05, 0.1) is 11.6 Å². The van der Waals surface area contributed by atoms with Crippen molar-refractivity contribution in [2.45, 2.75) is 50.8 Å². The summed E-state index contributed by atoms with van der Waals surface area (Å²) < 4.78 is 5.94. The largest absolute Gasteiger partial charge is 0.374 e. The Labute approximate surface area is 113 Å². The topological polar surface area (TPSA) is 64.4 Å². The van der Waals surface area contributed by atoms with Crippen molar-refractivity contribution >= 4 is 17.7 Å². The summed E-state index contributed by atoms with van der Waals surface area (Å²) in [6.07, 6.45) is 2.96. The molecule has 2 fully saturated rings. The fourth-order valence-corrected chi connectivity index (χ4v) is 3.99. The van der Waals surface area contributed by atoms with Gasteiger partial charge in [0, 0.05) is 18.4 Å². The van der Waals surface area contributed by atoms with Crippen molar-refractivity contribution < 1.29 is 9.53 Å². The van der Waals surface area contributed by atoms with Gasteiger partial charge in [-0.2, -0.15) is 11.8 Å². The lowest BCUT2D eigenvalue weighted by Gasteiger charge is -2.38.